The minimum absolute atomic E-state index is 0.00668. The molecule has 2 rings (SSSR count). The highest BCUT2D eigenvalue weighted by molar-refractivity contribution is 5.20. The minimum atomic E-state index is 0.00668. The van der Waals surface area contributed by atoms with Crippen molar-refractivity contribution in [2.45, 2.75) is 26.4 Å². The fourth-order valence-electron chi connectivity index (χ4n) is 2.08. The fraction of sp³-hybridized carbons (Fsp3) is 0.312. The number of nitrogens with zero attached hydrogens (tertiary/aromatic N) is 1. The van der Waals surface area contributed by atoms with Gasteiger partial charge >= 0.3 is 0 Å². The molecule has 106 valence electrons. The molecule has 0 saturated heterocycles. The molecule has 0 unspecified atom stereocenters. The number of hydrogen-bond acceptors (Lipinski definition) is 3. The van der Waals surface area contributed by atoms with Gasteiger partial charge in [-0.1, -0.05) is 24.3 Å². The van der Waals surface area contributed by atoms with Crippen LogP contribution in [-0.4, -0.2) is 11.2 Å². The number of nitrogens with two attached hydrogens (primary N) is 1. The van der Waals surface area contributed by atoms with Gasteiger partial charge in [-0.2, -0.15) is 0 Å². The van der Waals surface area contributed by atoms with Crippen LogP contribution in [0, 0.1) is 6.92 Å². The van der Waals surface area contributed by atoms with E-state index in [1.54, 1.807) is 10.6 Å². The Morgan fingerprint density at radius 3 is 2.60 bits per heavy atom. The zero-order valence-electron chi connectivity index (χ0n) is 11.7. The molecule has 0 aliphatic carbocycles. The lowest BCUT2D eigenvalue weighted by Crippen LogP contribution is -2.27. The zero-order valence-corrected chi connectivity index (χ0v) is 11.7. The van der Waals surface area contributed by atoms with Crippen LogP contribution in [0.25, 0.3) is 0 Å². The van der Waals surface area contributed by atoms with Crippen LogP contribution in [0.4, 0.5) is 0 Å². The summed E-state index contributed by atoms with van der Waals surface area (Å²) < 4.78 is 7.38. The minimum Gasteiger partial charge on any atom is -0.494 e. The first kappa shape index (κ1) is 14.3. The SMILES string of the molecule is Cc1ccc(CN)c(=O)n1CCCOc1ccccc1. The molecule has 0 radical (unpaired) electrons. The van der Waals surface area contributed by atoms with E-state index in [0.29, 0.717) is 18.7 Å². The highest BCUT2D eigenvalue weighted by Gasteiger charge is 2.04. The van der Waals surface area contributed by atoms with E-state index in [1.165, 1.54) is 0 Å². The first-order valence-corrected chi connectivity index (χ1v) is 6.79. The van der Waals surface area contributed by atoms with Crippen molar-refractivity contribution in [3.05, 3.63) is 64.1 Å². The van der Waals surface area contributed by atoms with Crippen molar-refractivity contribution < 1.29 is 4.74 Å². The van der Waals surface area contributed by atoms with Gasteiger partial charge in [0.25, 0.3) is 5.56 Å². The van der Waals surface area contributed by atoms with Gasteiger partial charge in [0.05, 0.1) is 6.61 Å². The molecule has 0 bridgehead atoms. The molecule has 0 spiro atoms. The lowest BCUT2D eigenvalue weighted by molar-refractivity contribution is 0.300. The lowest BCUT2D eigenvalue weighted by Gasteiger charge is -2.12. The van der Waals surface area contributed by atoms with Crippen molar-refractivity contribution in [1.82, 2.24) is 4.57 Å². The summed E-state index contributed by atoms with van der Waals surface area (Å²) in [5.41, 5.74) is 7.17. The van der Waals surface area contributed by atoms with Crippen LogP contribution in [0.3, 0.4) is 0 Å². The van der Waals surface area contributed by atoms with Gasteiger partial charge in [0.15, 0.2) is 0 Å². The first-order valence-electron chi connectivity index (χ1n) is 6.79. The van der Waals surface area contributed by atoms with E-state index < -0.39 is 0 Å². The molecular weight excluding hydrogens is 252 g/mol. The van der Waals surface area contributed by atoms with Crippen LogP contribution in [0.5, 0.6) is 5.75 Å². The maximum Gasteiger partial charge on any atom is 0.255 e. The molecule has 4 nitrogen and oxygen atoms in total. The van der Waals surface area contributed by atoms with Gasteiger partial charge in [0.2, 0.25) is 0 Å². The standard InChI is InChI=1S/C16H20N2O2/c1-13-8-9-14(12-17)16(19)18(13)10-5-11-20-15-6-3-2-4-7-15/h2-4,6-9H,5,10-12,17H2,1H3. The Hall–Kier alpha value is -2.07. The van der Waals surface area contributed by atoms with Gasteiger partial charge in [0, 0.05) is 24.3 Å². The number of aromatic nitrogens is 1. The monoisotopic (exact) mass is 272 g/mol. The van der Waals surface area contributed by atoms with Crippen LogP contribution in [0.1, 0.15) is 17.7 Å². The Morgan fingerprint density at radius 1 is 1.15 bits per heavy atom. The fourth-order valence-corrected chi connectivity index (χ4v) is 2.08. The van der Waals surface area contributed by atoms with E-state index in [-0.39, 0.29) is 12.1 Å². The summed E-state index contributed by atoms with van der Waals surface area (Å²) in [6.45, 7) is 3.44. The number of pyridine rings is 1. The van der Waals surface area contributed by atoms with Crippen LogP contribution >= 0.6 is 0 Å². The summed E-state index contributed by atoms with van der Waals surface area (Å²) in [7, 11) is 0. The van der Waals surface area contributed by atoms with Gasteiger partial charge in [-0.15, -0.1) is 0 Å². The van der Waals surface area contributed by atoms with Crippen LogP contribution < -0.4 is 16.0 Å². The van der Waals surface area contributed by atoms with E-state index in [4.69, 9.17) is 10.5 Å². The quantitative estimate of drug-likeness (QED) is 0.819. The molecule has 4 heteroatoms. The zero-order chi connectivity index (χ0) is 14.4. The van der Waals surface area contributed by atoms with E-state index in [0.717, 1.165) is 17.9 Å². The third-order valence-electron chi connectivity index (χ3n) is 3.23. The average molecular weight is 272 g/mol. The summed E-state index contributed by atoms with van der Waals surface area (Å²) in [5.74, 6) is 0.854. The second-order valence-corrected chi connectivity index (χ2v) is 4.68. The molecule has 20 heavy (non-hydrogen) atoms. The van der Waals surface area contributed by atoms with Crippen LogP contribution in [-0.2, 0) is 13.1 Å². The van der Waals surface area contributed by atoms with E-state index in [2.05, 4.69) is 0 Å². The van der Waals surface area contributed by atoms with Crippen LogP contribution in [0.2, 0.25) is 0 Å². The second kappa shape index (κ2) is 6.91. The highest BCUT2D eigenvalue weighted by atomic mass is 16.5. The molecule has 1 aromatic carbocycles. The Balaban J connectivity index is 1.93. The molecular formula is C16H20N2O2. The average Bonchev–Trinajstić information content (AvgIpc) is 2.47. The molecule has 0 atom stereocenters. The lowest BCUT2D eigenvalue weighted by atomic mass is 10.2. The van der Waals surface area contributed by atoms with Crippen molar-refractivity contribution in [3.63, 3.8) is 0 Å². The van der Waals surface area contributed by atoms with Gasteiger partial charge in [-0.05, 0) is 31.5 Å². The molecule has 0 aliphatic rings. The topological polar surface area (TPSA) is 57.2 Å². The molecule has 2 N–H and O–H groups in total. The van der Waals surface area contributed by atoms with E-state index in [1.807, 2.05) is 43.3 Å². The van der Waals surface area contributed by atoms with Crippen molar-refractivity contribution in [3.8, 4) is 5.75 Å². The van der Waals surface area contributed by atoms with Gasteiger partial charge in [0.1, 0.15) is 5.75 Å². The van der Waals surface area contributed by atoms with E-state index >= 15 is 0 Å². The summed E-state index contributed by atoms with van der Waals surface area (Å²) in [5, 5.41) is 0. The summed E-state index contributed by atoms with van der Waals surface area (Å²) in [6, 6.07) is 13.4. The Labute approximate surface area is 118 Å². The molecule has 2 aromatic rings. The largest absolute Gasteiger partial charge is 0.494 e. The first-order chi connectivity index (χ1) is 9.72. The third-order valence-corrected chi connectivity index (χ3v) is 3.23. The third kappa shape index (κ3) is 3.48. The molecule has 0 saturated carbocycles. The number of benzene rings is 1. The van der Waals surface area contributed by atoms with Crippen LogP contribution in [0.15, 0.2) is 47.3 Å². The number of aryl methyl sites for hydroxylation is 1. The van der Waals surface area contributed by atoms with Gasteiger partial charge < -0.3 is 15.0 Å². The van der Waals surface area contributed by atoms with Crippen molar-refractivity contribution >= 4 is 0 Å². The number of rotatable bonds is 6. The normalized spacial score (nSPS) is 10.5. The summed E-state index contributed by atoms with van der Waals surface area (Å²) >= 11 is 0. The Bertz CT molecular complexity index is 606. The van der Waals surface area contributed by atoms with E-state index in [9.17, 15) is 4.79 Å². The molecule has 1 aromatic heterocycles. The predicted molar refractivity (Wildman–Crippen MR) is 79.9 cm³/mol. The van der Waals surface area contributed by atoms with Crippen molar-refractivity contribution in [1.29, 1.82) is 0 Å². The molecule has 0 fully saturated rings. The molecule has 0 amide bonds. The molecule has 0 aliphatic heterocycles. The number of hydrogen-bond donors (Lipinski definition) is 1. The van der Waals surface area contributed by atoms with Crippen molar-refractivity contribution in [2.24, 2.45) is 5.73 Å². The highest BCUT2D eigenvalue weighted by Crippen LogP contribution is 2.08. The van der Waals surface area contributed by atoms with Crippen molar-refractivity contribution in [2.75, 3.05) is 6.61 Å². The number of para-hydroxylation sites is 1. The van der Waals surface area contributed by atoms with Gasteiger partial charge in [-0.3, -0.25) is 4.79 Å². The second-order valence-electron chi connectivity index (χ2n) is 4.68. The smallest absolute Gasteiger partial charge is 0.255 e. The Kier molecular flexibility index (Phi) is 4.96. The molecule has 1 heterocycles. The number of ether oxygens (including phenoxy) is 1. The Morgan fingerprint density at radius 2 is 1.90 bits per heavy atom. The predicted octanol–water partition coefficient (Wildman–Crippen LogP) is 2.08. The maximum absolute atomic E-state index is 12.1. The summed E-state index contributed by atoms with van der Waals surface area (Å²) in [4.78, 5) is 12.1. The summed E-state index contributed by atoms with van der Waals surface area (Å²) in [6.07, 6.45) is 0.781. The maximum atomic E-state index is 12.1. The van der Waals surface area contributed by atoms with Gasteiger partial charge in [-0.25, -0.2) is 0 Å².